The highest BCUT2D eigenvalue weighted by molar-refractivity contribution is 5.96. The molecule has 1 aliphatic rings. The number of nitrogens with zero attached hydrogens (tertiary/aromatic N) is 4. The number of rotatable bonds is 3. The summed E-state index contributed by atoms with van der Waals surface area (Å²) in [6.07, 6.45) is 2.02. The maximum atomic E-state index is 13.9. The van der Waals surface area contributed by atoms with Crippen molar-refractivity contribution in [3.63, 3.8) is 0 Å². The lowest BCUT2D eigenvalue weighted by atomic mass is 10.1. The molecule has 0 fully saturated rings. The largest absolute Gasteiger partial charge is 0.491 e. The van der Waals surface area contributed by atoms with Crippen molar-refractivity contribution in [2.45, 2.75) is 6.42 Å². The van der Waals surface area contributed by atoms with Gasteiger partial charge in [0.1, 0.15) is 22.9 Å². The number of oxazole rings is 1. The first-order valence-corrected chi connectivity index (χ1v) is 9.78. The fraction of sp³-hybridized carbons (Fsp3) is 0.130. The fourth-order valence-corrected chi connectivity index (χ4v) is 3.64. The zero-order chi connectivity index (χ0) is 22.2. The van der Waals surface area contributed by atoms with Crippen LogP contribution in [-0.4, -0.2) is 34.2 Å². The second-order valence-corrected chi connectivity index (χ2v) is 7.17. The number of halogens is 1. The van der Waals surface area contributed by atoms with Crippen LogP contribution in [0.2, 0.25) is 0 Å². The number of nitriles is 1. The third-order valence-electron chi connectivity index (χ3n) is 5.14. The highest BCUT2D eigenvalue weighted by atomic mass is 19.1. The highest BCUT2D eigenvalue weighted by Crippen LogP contribution is 2.37. The van der Waals surface area contributed by atoms with Crippen LogP contribution in [0, 0.1) is 17.1 Å². The van der Waals surface area contributed by atoms with E-state index < -0.39 is 11.8 Å². The third kappa shape index (κ3) is 3.37. The van der Waals surface area contributed by atoms with Gasteiger partial charge in [0.05, 0.1) is 35.1 Å². The lowest BCUT2D eigenvalue weighted by molar-refractivity contribution is 0.0697. The Morgan fingerprint density at radius 2 is 2.09 bits per heavy atom. The molecule has 0 aliphatic carbocycles. The maximum absolute atomic E-state index is 13.9. The second kappa shape index (κ2) is 7.67. The topological polar surface area (TPSA) is 112 Å². The van der Waals surface area contributed by atoms with Gasteiger partial charge in [-0.25, -0.2) is 19.2 Å². The van der Waals surface area contributed by atoms with Gasteiger partial charge in [0.2, 0.25) is 5.89 Å². The Morgan fingerprint density at radius 3 is 2.91 bits per heavy atom. The van der Waals surface area contributed by atoms with Crippen LogP contribution < -0.4 is 9.64 Å². The molecule has 0 saturated heterocycles. The molecule has 0 bridgehead atoms. The second-order valence-electron chi connectivity index (χ2n) is 7.17. The molecule has 4 aromatic rings. The molecule has 5 rings (SSSR count). The molecule has 2 aromatic heterocycles. The number of fused-ring (bicyclic) bond motifs is 2. The molecule has 0 saturated carbocycles. The molecule has 8 nitrogen and oxygen atoms in total. The molecule has 2 aromatic carbocycles. The van der Waals surface area contributed by atoms with Gasteiger partial charge in [0.15, 0.2) is 5.58 Å². The summed E-state index contributed by atoms with van der Waals surface area (Å²) >= 11 is 0. The van der Waals surface area contributed by atoms with Gasteiger partial charge in [0.25, 0.3) is 0 Å². The van der Waals surface area contributed by atoms with Gasteiger partial charge in [0, 0.05) is 24.9 Å². The Kier molecular flexibility index (Phi) is 4.67. The molecule has 9 heteroatoms. The minimum Gasteiger partial charge on any atom is -0.491 e. The van der Waals surface area contributed by atoms with E-state index in [9.17, 15) is 14.3 Å². The summed E-state index contributed by atoms with van der Waals surface area (Å²) in [4.78, 5) is 22.6. The van der Waals surface area contributed by atoms with E-state index in [4.69, 9.17) is 14.4 Å². The molecule has 0 atom stereocenters. The van der Waals surface area contributed by atoms with Crippen molar-refractivity contribution >= 4 is 28.6 Å². The maximum Gasteiger partial charge on any atom is 0.336 e. The van der Waals surface area contributed by atoms with Crippen molar-refractivity contribution in [1.29, 1.82) is 5.26 Å². The van der Waals surface area contributed by atoms with Gasteiger partial charge >= 0.3 is 5.97 Å². The van der Waals surface area contributed by atoms with E-state index in [2.05, 4.69) is 9.97 Å². The van der Waals surface area contributed by atoms with Crippen LogP contribution in [0.15, 0.2) is 53.1 Å². The zero-order valence-corrected chi connectivity index (χ0v) is 16.6. The summed E-state index contributed by atoms with van der Waals surface area (Å²) in [6, 6.07) is 12.4. The number of carboxylic acid groups (broad SMARTS) is 1. The Morgan fingerprint density at radius 1 is 1.22 bits per heavy atom. The highest BCUT2D eigenvalue weighted by Gasteiger charge is 2.24. The number of anilines is 2. The molecule has 1 aliphatic heterocycles. The van der Waals surface area contributed by atoms with Gasteiger partial charge < -0.3 is 19.2 Å². The van der Waals surface area contributed by atoms with E-state index in [1.165, 1.54) is 30.5 Å². The smallest absolute Gasteiger partial charge is 0.336 e. The molecule has 3 heterocycles. The number of hydrogen-bond acceptors (Lipinski definition) is 7. The lowest BCUT2D eigenvalue weighted by Gasteiger charge is -2.23. The number of ether oxygens (including phenoxy) is 1. The average molecular weight is 430 g/mol. The summed E-state index contributed by atoms with van der Waals surface area (Å²) in [7, 11) is 0. The van der Waals surface area contributed by atoms with Gasteiger partial charge in [-0.05, 0) is 36.8 Å². The Labute approximate surface area is 181 Å². The molecule has 0 unspecified atom stereocenters. The number of aromatic carboxylic acids is 1. The van der Waals surface area contributed by atoms with E-state index in [0.29, 0.717) is 53.5 Å². The molecule has 0 spiro atoms. The molecule has 158 valence electrons. The van der Waals surface area contributed by atoms with Crippen LogP contribution in [0.25, 0.3) is 22.6 Å². The number of pyridine rings is 1. The quantitative estimate of drug-likeness (QED) is 0.505. The fourth-order valence-electron chi connectivity index (χ4n) is 3.64. The van der Waals surface area contributed by atoms with Crippen LogP contribution in [0.1, 0.15) is 22.3 Å². The predicted octanol–water partition coefficient (Wildman–Crippen LogP) is 4.52. The first-order chi connectivity index (χ1) is 15.5. The first-order valence-electron chi connectivity index (χ1n) is 9.78. The van der Waals surface area contributed by atoms with Crippen LogP contribution >= 0.6 is 0 Å². The summed E-state index contributed by atoms with van der Waals surface area (Å²) < 4.78 is 25.3. The number of carbonyl (C=O) groups is 1. The van der Waals surface area contributed by atoms with Gasteiger partial charge in [-0.15, -0.1) is 0 Å². The van der Waals surface area contributed by atoms with Gasteiger partial charge in [-0.2, -0.15) is 5.26 Å². The van der Waals surface area contributed by atoms with Crippen LogP contribution in [-0.2, 0) is 0 Å². The Hall–Kier alpha value is -4.45. The number of benzene rings is 2. The normalized spacial score (nSPS) is 13.2. The van der Waals surface area contributed by atoms with Crippen LogP contribution in [0.3, 0.4) is 0 Å². The molecule has 0 radical (unpaired) electrons. The van der Waals surface area contributed by atoms with Gasteiger partial charge in [-0.1, -0.05) is 0 Å². The average Bonchev–Trinajstić information content (AvgIpc) is 3.11. The summed E-state index contributed by atoms with van der Waals surface area (Å²) in [5, 5.41) is 18.9. The van der Waals surface area contributed by atoms with Crippen LogP contribution in [0.5, 0.6) is 5.75 Å². The van der Waals surface area contributed by atoms with E-state index >= 15 is 0 Å². The Balaban J connectivity index is 1.61. The Bertz CT molecular complexity index is 1410. The van der Waals surface area contributed by atoms with Crippen molar-refractivity contribution in [3.05, 3.63) is 65.6 Å². The minimum absolute atomic E-state index is 0.0646. The van der Waals surface area contributed by atoms with E-state index in [1.807, 2.05) is 6.07 Å². The van der Waals surface area contributed by atoms with Gasteiger partial charge in [-0.3, -0.25) is 0 Å². The SMILES string of the molecule is N#Cc1ccc2nc(-c3cnc(N4CCCOc5ccc(F)cc54)cc3C(=O)O)oc2c1. The molecular weight excluding hydrogens is 415 g/mol. The summed E-state index contributed by atoms with van der Waals surface area (Å²) in [5.41, 5.74) is 1.88. The van der Waals surface area contributed by atoms with E-state index in [1.54, 1.807) is 23.1 Å². The number of carboxylic acids is 1. The predicted molar refractivity (Wildman–Crippen MR) is 112 cm³/mol. The monoisotopic (exact) mass is 430 g/mol. The molecule has 0 amide bonds. The summed E-state index contributed by atoms with van der Waals surface area (Å²) in [5.74, 6) is -0.700. The van der Waals surface area contributed by atoms with Crippen molar-refractivity contribution in [2.75, 3.05) is 18.1 Å². The summed E-state index contributed by atoms with van der Waals surface area (Å²) in [6.45, 7) is 0.925. The zero-order valence-electron chi connectivity index (χ0n) is 16.6. The van der Waals surface area contributed by atoms with E-state index in [-0.39, 0.29) is 17.0 Å². The van der Waals surface area contributed by atoms with Crippen molar-refractivity contribution in [3.8, 4) is 23.3 Å². The van der Waals surface area contributed by atoms with Crippen molar-refractivity contribution in [1.82, 2.24) is 9.97 Å². The van der Waals surface area contributed by atoms with Crippen molar-refractivity contribution in [2.24, 2.45) is 0 Å². The minimum atomic E-state index is -1.19. The standard InChI is InChI=1S/C23H15FN4O4/c24-14-3-5-19-18(9-14)28(6-1-7-31-19)21-10-15(23(29)30)16(12-26-21)22-27-17-4-2-13(11-25)8-20(17)32-22/h2-5,8-10,12H,1,6-7H2,(H,29,30). The molecule has 32 heavy (non-hydrogen) atoms. The molecule has 1 N–H and O–H groups in total. The van der Waals surface area contributed by atoms with Crippen LogP contribution in [0.4, 0.5) is 15.9 Å². The molecular formula is C23H15FN4O4. The first kappa shape index (κ1) is 19.5. The van der Waals surface area contributed by atoms with E-state index in [0.717, 1.165) is 0 Å². The third-order valence-corrected chi connectivity index (χ3v) is 5.14. The lowest BCUT2D eigenvalue weighted by Crippen LogP contribution is -2.20. The van der Waals surface area contributed by atoms with Crippen molar-refractivity contribution < 1.29 is 23.4 Å². The number of hydrogen-bond donors (Lipinski definition) is 1. The number of aromatic nitrogens is 2.